The Morgan fingerprint density at radius 3 is 2.55 bits per heavy atom. The molecule has 1 atom stereocenters. The number of carbonyl (C=O) groups is 1. The molecule has 0 saturated carbocycles. The number of nitrogens with one attached hydrogen (secondary N) is 1. The quantitative estimate of drug-likeness (QED) is 0.651. The van der Waals surface area contributed by atoms with Gasteiger partial charge in [0.15, 0.2) is 5.78 Å². The molecule has 2 heterocycles. The molecule has 0 amide bonds. The van der Waals surface area contributed by atoms with Gasteiger partial charge in [-0.05, 0) is 36.2 Å². The van der Waals surface area contributed by atoms with Crippen LogP contribution in [-0.2, 0) is 12.8 Å². The van der Waals surface area contributed by atoms with Crippen molar-refractivity contribution in [2.45, 2.75) is 18.9 Å². The molecule has 1 aliphatic heterocycles. The van der Waals surface area contributed by atoms with Crippen LogP contribution >= 0.6 is 0 Å². The van der Waals surface area contributed by atoms with Gasteiger partial charge < -0.3 is 5.32 Å². The van der Waals surface area contributed by atoms with Crippen LogP contribution in [0.15, 0.2) is 71.9 Å². The van der Waals surface area contributed by atoms with E-state index in [-0.39, 0.29) is 18.2 Å². The average Bonchev–Trinajstić information content (AvgIpc) is 3.16. The molecule has 3 aromatic rings. The molecule has 0 saturated heterocycles. The number of nitrogens with zero attached hydrogens (tertiary/aromatic N) is 2. The van der Waals surface area contributed by atoms with Crippen LogP contribution < -0.4 is 5.32 Å². The van der Waals surface area contributed by atoms with Gasteiger partial charge in [-0.3, -0.25) is 14.8 Å². The van der Waals surface area contributed by atoms with E-state index in [0.29, 0.717) is 35.6 Å². The number of amidine groups is 1. The maximum atomic E-state index is 13.4. The zero-order valence-electron chi connectivity index (χ0n) is 15.6. The minimum atomic E-state index is -0.582. The van der Waals surface area contributed by atoms with Gasteiger partial charge in [-0.25, -0.2) is 8.78 Å². The molecule has 1 unspecified atom stereocenters. The van der Waals surface area contributed by atoms with Crippen molar-refractivity contribution in [2.24, 2.45) is 4.99 Å². The minimum Gasteiger partial charge on any atom is -0.365 e. The first-order valence-corrected chi connectivity index (χ1v) is 9.36. The van der Waals surface area contributed by atoms with E-state index in [4.69, 9.17) is 0 Å². The zero-order chi connectivity index (χ0) is 20.2. The van der Waals surface area contributed by atoms with Crippen LogP contribution in [0.3, 0.4) is 0 Å². The van der Waals surface area contributed by atoms with Crippen LogP contribution in [0, 0.1) is 11.6 Å². The van der Waals surface area contributed by atoms with Crippen LogP contribution in [0.4, 0.5) is 8.78 Å². The van der Waals surface area contributed by atoms with Gasteiger partial charge in [0, 0.05) is 29.1 Å². The van der Waals surface area contributed by atoms with Gasteiger partial charge in [0.1, 0.15) is 17.5 Å². The number of rotatable bonds is 6. The standard InChI is InChI=1S/C23H19F2N3O/c24-18-8-15(9-19(25)12-18)10-21-14-27-23(28-21)17-6-7-26-20(11-17)13-22(29)16-4-2-1-3-5-16/h1-9,11-12,21H,10,13-14H2,(H,27,28). The number of Topliss-reactive ketones (excluding diaryl/α,β-unsaturated/α-hetero) is 1. The fourth-order valence-corrected chi connectivity index (χ4v) is 3.40. The van der Waals surface area contributed by atoms with Gasteiger partial charge in [0.05, 0.1) is 19.0 Å². The highest BCUT2D eigenvalue weighted by Crippen LogP contribution is 2.15. The zero-order valence-corrected chi connectivity index (χ0v) is 15.6. The normalized spacial score (nSPS) is 15.7. The molecule has 1 aliphatic rings. The largest absolute Gasteiger partial charge is 0.365 e. The van der Waals surface area contributed by atoms with Gasteiger partial charge >= 0.3 is 0 Å². The molecule has 6 heteroatoms. The number of pyridine rings is 1. The third-order valence-electron chi connectivity index (χ3n) is 4.74. The fraction of sp³-hybridized carbons (Fsp3) is 0.174. The number of halogens is 2. The molecule has 2 aromatic carbocycles. The highest BCUT2D eigenvalue weighted by molar-refractivity contribution is 6.01. The predicted molar refractivity (Wildman–Crippen MR) is 107 cm³/mol. The summed E-state index contributed by atoms with van der Waals surface area (Å²) in [5.74, 6) is -0.466. The number of ketones is 1. The molecule has 1 aromatic heterocycles. The smallest absolute Gasteiger partial charge is 0.168 e. The van der Waals surface area contributed by atoms with Crippen molar-refractivity contribution in [3.05, 3.63) is 101 Å². The Labute approximate surface area is 167 Å². The molecule has 0 spiro atoms. The van der Waals surface area contributed by atoms with E-state index in [1.165, 1.54) is 12.1 Å². The van der Waals surface area contributed by atoms with E-state index >= 15 is 0 Å². The molecule has 4 rings (SSSR count). The summed E-state index contributed by atoms with van der Waals surface area (Å²) < 4.78 is 26.8. The Bertz CT molecular complexity index is 1050. The maximum Gasteiger partial charge on any atom is 0.168 e. The molecule has 146 valence electrons. The monoisotopic (exact) mass is 391 g/mol. The summed E-state index contributed by atoms with van der Waals surface area (Å²) in [4.78, 5) is 21.2. The van der Waals surface area contributed by atoms with E-state index < -0.39 is 11.6 Å². The van der Waals surface area contributed by atoms with Gasteiger partial charge in [-0.2, -0.15) is 0 Å². The van der Waals surface area contributed by atoms with Crippen molar-refractivity contribution in [3.8, 4) is 0 Å². The van der Waals surface area contributed by atoms with Crippen LogP contribution in [0.2, 0.25) is 0 Å². The van der Waals surface area contributed by atoms with Crippen molar-refractivity contribution in [3.63, 3.8) is 0 Å². The Morgan fingerprint density at radius 1 is 1.03 bits per heavy atom. The molecule has 0 bridgehead atoms. The van der Waals surface area contributed by atoms with Crippen LogP contribution in [0.5, 0.6) is 0 Å². The van der Waals surface area contributed by atoms with E-state index in [0.717, 1.165) is 11.6 Å². The van der Waals surface area contributed by atoms with Crippen molar-refractivity contribution in [2.75, 3.05) is 6.54 Å². The molecule has 29 heavy (non-hydrogen) atoms. The lowest BCUT2D eigenvalue weighted by atomic mass is 10.0. The summed E-state index contributed by atoms with van der Waals surface area (Å²) in [6.45, 7) is 0.508. The number of hydrogen-bond acceptors (Lipinski definition) is 4. The molecule has 0 fully saturated rings. The van der Waals surface area contributed by atoms with Crippen molar-refractivity contribution >= 4 is 11.6 Å². The summed E-state index contributed by atoms with van der Waals surface area (Å²) >= 11 is 0. The lowest BCUT2D eigenvalue weighted by Gasteiger charge is -2.12. The summed E-state index contributed by atoms with van der Waals surface area (Å²) in [5.41, 5.74) is 2.74. The number of aliphatic imine (C=N–C) groups is 1. The topological polar surface area (TPSA) is 54.4 Å². The average molecular weight is 391 g/mol. The highest BCUT2D eigenvalue weighted by atomic mass is 19.1. The molecular weight excluding hydrogens is 372 g/mol. The number of benzene rings is 2. The fourth-order valence-electron chi connectivity index (χ4n) is 3.40. The SMILES string of the molecule is O=C(Cc1cc(C2=NCC(Cc3cc(F)cc(F)c3)N2)ccn1)c1ccccc1. The molecule has 1 N–H and O–H groups in total. The summed E-state index contributed by atoms with van der Waals surface area (Å²) in [6, 6.07) is 16.3. The second-order valence-corrected chi connectivity index (χ2v) is 7.01. The van der Waals surface area contributed by atoms with E-state index in [9.17, 15) is 13.6 Å². The van der Waals surface area contributed by atoms with E-state index in [1.807, 2.05) is 30.3 Å². The number of aromatic nitrogens is 1. The number of carbonyl (C=O) groups excluding carboxylic acids is 1. The maximum absolute atomic E-state index is 13.4. The van der Waals surface area contributed by atoms with Gasteiger partial charge in [0.25, 0.3) is 0 Å². The Morgan fingerprint density at radius 2 is 1.79 bits per heavy atom. The van der Waals surface area contributed by atoms with Crippen LogP contribution in [-0.4, -0.2) is 29.2 Å². The summed E-state index contributed by atoms with van der Waals surface area (Å²) in [5, 5.41) is 3.30. The third kappa shape index (κ3) is 4.71. The molecular formula is C23H19F2N3O. The predicted octanol–water partition coefficient (Wildman–Crippen LogP) is 3.75. The Kier molecular flexibility index (Phi) is 5.42. The van der Waals surface area contributed by atoms with Crippen LogP contribution in [0.1, 0.15) is 27.2 Å². The van der Waals surface area contributed by atoms with Crippen molar-refractivity contribution in [1.82, 2.24) is 10.3 Å². The minimum absolute atomic E-state index is 0.00239. The Balaban J connectivity index is 1.42. The van der Waals surface area contributed by atoms with Gasteiger partial charge in [-0.1, -0.05) is 30.3 Å². The first-order valence-electron chi connectivity index (χ1n) is 9.36. The molecule has 0 aliphatic carbocycles. The third-order valence-corrected chi connectivity index (χ3v) is 4.74. The van der Waals surface area contributed by atoms with Crippen molar-refractivity contribution in [1.29, 1.82) is 0 Å². The van der Waals surface area contributed by atoms with Crippen LogP contribution in [0.25, 0.3) is 0 Å². The lowest BCUT2D eigenvalue weighted by molar-refractivity contribution is 0.0992. The second-order valence-electron chi connectivity index (χ2n) is 7.01. The number of hydrogen-bond donors (Lipinski definition) is 1. The molecule has 4 nitrogen and oxygen atoms in total. The Hall–Kier alpha value is -3.41. The second kappa shape index (κ2) is 8.31. The van der Waals surface area contributed by atoms with E-state index in [1.54, 1.807) is 18.3 Å². The van der Waals surface area contributed by atoms with Gasteiger partial charge in [-0.15, -0.1) is 0 Å². The first-order chi connectivity index (χ1) is 14.1. The first kappa shape index (κ1) is 18.9. The van der Waals surface area contributed by atoms with E-state index in [2.05, 4.69) is 15.3 Å². The van der Waals surface area contributed by atoms with Gasteiger partial charge in [0.2, 0.25) is 0 Å². The van der Waals surface area contributed by atoms with Crippen molar-refractivity contribution < 1.29 is 13.6 Å². The summed E-state index contributed by atoms with van der Waals surface area (Å²) in [6.07, 6.45) is 2.33. The highest BCUT2D eigenvalue weighted by Gasteiger charge is 2.20. The lowest BCUT2D eigenvalue weighted by Crippen LogP contribution is -2.32. The summed E-state index contributed by atoms with van der Waals surface area (Å²) in [7, 11) is 0. The molecule has 0 radical (unpaired) electrons.